The van der Waals surface area contributed by atoms with Crippen LogP contribution < -0.4 is 9.47 Å². The third kappa shape index (κ3) is 4.53. The lowest BCUT2D eigenvalue weighted by molar-refractivity contribution is 0.200. The second-order valence-corrected chi connectivity index (χ2v) is 11.0. The van der Waals surface area contributed by atoms with Crippen LogP contribution >= 0.6 is 0 Å². The van der Waals surface area contributed by atoms with Crippen LogP contribution in [0.4, 0.5) is 0 Å². The van der Waals surface area contributed by atoms with Gasteiger partial charge in [0.2, 0.25) is 8.32 Å². The van der Waals surface area contributed by atoms with Crippen molar-refractivity contribution < 1.29 is 13.9 Å². The lowest BCUT2D eigenvalue weighted by Crippen LogP contribution is -2.24. The van der Waals surface area contributed by atoms with Crippen molar-refractivity contribution in [3.63, 3.8) is 0 Å². The van der Waals surface area contributed by atoms with Gasteiger partial charge in [0.1, 0.15) is 5.76 Å². The van der Waals surface area contributed by atoms with Crippen LogP contribution in [0.2, 0.25) is 19.6 Å². The largest absolute Gasteiger partial charge is 0.544 e. The Bertz CT molecular complexity index is 499. The molecule has 1 aromatic carbocycles. The van der Waals surface area contributed by atoms with Crippen LogP contribution in [-0.2, 0) is 4.43 Å². The van der Waals surface area contributed by atoms with Gasteiger partial charge in [-0.3, -0.25) is 0 Å². The van der Waals surface area contributed by atoms with Crippen LogP contribution in [0.3, 0.4) is 0 Å². The van der Waals surface area contributed by atoms with Gasteiger partial charge < -0.3 is 13.9 Å². The number of rotatable bonds is 6. The molecule has 21 heavy (non-hydrogen) atoms. The lowest BCUT2D eigenvalue weighted by atomic mass is 10.1. The molecule has 116 valence electrons. The minimum absolute atomic E-state index is 0.306. The maximum Gasteiger partial charge on any atom is 0.242 e. The van der Waals surface area contributed by atoms with Gasteiger partial charge in [-0.2, -0.15) is 0 Å². The molecule has 1 saturated carbocycles. The van der Waals surface area contributed by atoms with E-state index in [1.165, 1.54) is 12.8 Å². The van der Waals surface area contributed by atoms with Gasteiger partial charge in [0, 0.05) is 5.56 Å². The highest BCUT2D eigenvalue weighted by Crippen LogP contribution is 2.34. The summed E-state index contributed by atoms with van der Waals surface area (Å²) in [6.07, 6.45) is 5.05. The Hall–Kier alpha value is -1.42. The van der Waals surface area contributed by atoms with Crippen molar-refractivity contribution in [2.45, 2.75) is 51.4 Å². The molecule has 0 bridgehead atoms. The van der Waals surface area contributed by atoms with E-state index in [-0.39, 0.29) is 0 Å². The van der Waals surface area contributed by atoms with Crippen molar-refractivity contribution in [2.24, 2.45) is 0 Å². The molecule has 3 nitrogen and oxygen atoms in total. The highest BCUT2D eigenvalue weighted by molar-refractivity contribution is 6.70. The van der Waals surface area contributed by atoms with Crippen molar-refractivity contribution in [1.82, 2.24) is 0 Å². The van der Waals surface area contributed by atoms with E-state index in [9.17, 15) is 0 Å². The first kappa shape index (κ1) is 16.0. The van der Waals surface area contributed by atoms with E-state index in [0.29, 0.717) is 11.9 Å². The molecule has 4 heteroatoms. The Morgan fingerprint density at radius 2 is 1.81 bits per heavy atom. The third-order valence-corrected chi connectivity index (χ3v) is 4.37. The molecule has 1 aliphatic carbocycles. The monoisotopic (exact) mass is 306 g/mol. The Morgan fingerprint density at radius 3 is 2.38 bits per heavy atom. The summed E-state index contributed by atoms with van der Waals surface area (Å²) in [5.41, 5.74) is 0.964. The molecule has 0 unspecified atom stereocenters. The van der Waals surface area contributed by atoms with Crippen molar-refractivity contribution in [2.75, 3.05) is 7.11 Å². The Morgan fingerprint density at radius 1 is 1.14 bits per heavy atom. The Labute approximate surface area is 129 Å². The molecule has 1 aliphatic rings. The predicted octanol–water partition coefficient (Wildman–Crippen LogP) is 4.84. The fourth-order valence-electron chi connectivity index (χ4n) is 2.56. The maximum absolute atomic E-state index is 6.11. The molecule has 0 spiro atoms. The summed E-state index contributed by atoms with van der Waals surface area (Å²) in [4.78, 5) is 0. The van der Waals surface area contributed by atoms with E-state index in [1.807, 2.05) is 18.2 Å². The van der Waals surface area contributed by atoms with Gasteiger partial charge in [-0.05, 0) is 63.5 Å². The lowest BCUT2D eigenvalue weighted by Gasteiger charge is -2.22. The molecule has 0 aliphatic heterocycles. The number of hydrogen-bond donors (Lipinski definition) is 0. The second kappa shape index (κ2) is 6.56. The molecule has 0 N–H and O–H groups in total. The number of ether oxygens (including phenoxy) is 2. The average molecular weight is 306 g/mol. The Kier molecular flexibility index (Phi) is 4.98. The van der Waals surface area contributed by atoms with E-state index in [1.54, 1.807) is 7.11 Å². The minimum atomic E-state index is -1.65. The molecule has 2 rings (SSSR count). The predicted molar refractivity (Wildman–Crippen MR) is 89.3 cm³/mol. The smallest absolute Gasteiger partial charge is 0.242 e. The van der Waals surface area contributed by atoms with Gasteiger partial charge in [-0.15, -0.1) is 0 Å². The zero-order chi connectivity index (χ0) is 15.5. The van der Waals surface area contributed by atoms with Gasteiger partial charge in [0.25, 0.3) is 0 Å². The van der Waals surface area contributed by atoms with E-state index in [0.717, 1.165) is 29.9 Å². The molecule has 0 heterocycles. The summed E-state index contributed by atoms with van der Waals surface area (Å²) in [6, 6.07) is 5.89. The van der Waals surface area contributed by atoms with Crippen LogP contribution in [0.25, 0.3) is 5.76 Å². The van der Waals surface area contributed by atoms with Crippen molar-refractivity contribution in [3.05, 3.63) is 30.3 Å². The minimum Gasteiger partial charge on any atom is -0.544 e. The normalized spacial score (nSPS) is 15.8. The van der Waals surface area contributed by atoms with Crippen LogP contribution in [0, 0.1) is 0 Å². The summed E-state index contributed by atoms with van der Waals surface area (Å²) in [6.45, 7) is 10.5. The van der Waals surface area contributed by atoms with Crippen LogP contribution in [-0.4, -0.2) is 21.5 Å². The third-order valence-electron chi connectivity index (χ3n) is 3.51. The number of methoxy groups -OCH3 is 1. The van der Waals surface area contributed by atoms with Crippen LogP contribution in [0.15, 0.2) is 24.8 Å². The maximum atomic E-state index is 6.11. The van der Waals surface area contributed by atoms with Gasteiger partial charge >= 0.3 is 0 Å². The molecule has 1 aromatic rings. The molecule has 0 saturated heterocycles. The SMILES string of the molecule is C=C(O[Si](C)(C)C)c1ccc(OC)c(OC2CCCC2)c1. The number of hydrogen-bond acceptors (Lipinski definition) is 3. The molecule has 0 amide bonds. The quantitative estimate of drug-likeness (QED) is 0.556. The molecular weight excluding hydrogens is 280 g/mol. The summed E-state index contributed by atoms with van der Waals surface area (Å²) < 4.78 is 17.5. The van der Waals surface area contributed by atoms with Crippen molar-refractivity contribution in [3.8, 4) is 11.5 Å². The average Bonchev–Trinajstić information content (AvgIpc) is 2.89. The zero-order valence-corrected chi connectivity index (χ0v) is 14.6. The van der Waals surface area contributed by atoms with E-state index in [4.69, 9.17) is 13.9 Å². The fraction of sp³-hybridized carbons (Fsp3) is 0.529. The molecule has 1 fully saturated rings. The van der Waals surface area contributed by atoms with Crippen molar-refractivity contribution >= 4 is 14.1 Å². The van der Waals surface area contributed by atoms with Gasteiger partial charge in [-0.1, -0.05) is 6.58 Å². The molecular formula is C17H26O3Si. The van der Waals surface area contributed by atoms with E-state index >= 15 is 0 Å². The summed E-state index contributed by atoms with van der Waals surface area (Å²) >= 11 is 0. The summed E-state index contributed by atoms with van der Waals surface area (Å²) in [5, 5.41) is 0. The van der Waals surface area contributed by atoms with Gasteiger partial charge in [0.15, 0.2) is 11.5 Å². The summed E-state index contributed by atoms with van der Waals surface area (Å²) in [5.74, 6) is 2.28. The zero-order valence-electron chi connectivity index (χ0n) is 13.6. The Balaban J connectivity index is 2.18. The van der Waals surface area contributed by atoms with Gasteiger partial charge in [0.05, 0.1) is 13.2 Å². The number of benzene rings is 1. The summed E-state index contributed by atoms with van der Waals surface area (Å²) in [7, 11) is 0.0208. The van der Waals surface area contributed by atoms with Crippen LogP contribution in [0.1, 0.15) is 31.2 Å². The van der Waals surface area contributed by atoms with Gasteiger partial charge in [-0.25, -0.2) is 0 Å². The standard InChI is InChI=1S/C17H26O3Si/c1-13(20-21(3,4)5)14-10-11-16(18-2)17(12-14)19-15-8-6-7-9-15/h10-12,15H,1,6-9H2,2-5H3. The van der Waals surface area contributed by atoms with Crippen LogP contribution in [0.5, 0.6) is 11.5 Å². The fourth-order valence-corrected chi connectivity index (χ4v) is 3.41. The first-order chi connectivity index (χ1) is 9.89. The second-order valence-electron chi connectivity index (χ2n) is 6.53. The van der Waals surface area contributed by atoms with E-state index < -0.39 is 8.32 Å². The first-order valence-corrected chi connectivity index (χ1v) is 11.0. The molecule has 0 atom stereocenters. The molecule has 0 aromatic heterocycles. The topological polar surface area (TPSA) is 27.7 Å². The molecule has 0 radical (unpaired) electrons. The highest BCUT2D eigenvalue weighted by atomic mass is 28.4. The van der Waals surface area contributed by atoms with E-state index in [2.05, 4.69) is 26.2 Å². The first-order valence-electron chi connectivity index (χ1n) is 7.62. The van der Waals surface area contributed by atoms with Crippen molar-refractivity contribution in [1.29, 1.82) is 0 Å². The highest BCUT2D eigenvalue weighted by Gasteiger charge is 2.21.